The fraction of sp³-hybridized carbons (Fsp3) is 0.0909. The van der Waals surface area contributed by atoms with Crippen molar-refractivity contribution in [2.75, 3.05) is 0 Å². The van der Waals surface area contributed by atoms with Gasteiger partial charge in [0.25, 0.3) is 0 Å². The van der Waals surface area contributed by atoms with Gasteiger partial charge in [0.05, 0.1) is 6.26 Å². The Morgan fingerprint density at radius 1 is 0.875 bits per heavy atom. The minimum atomic E-state index is 0.842. The summed E-state index contributed by atoms with van der Waals surface area (Å²) in [6.45, 7) is 4.12. The van der Waals surface area contributed by atoms with E-state index in [0.717, 1.165) is 38.8 Å². The zero-order valence-electron chi connectivity index (χ0n) is 13.7. The summed E-state index contributed by atoms with van der Waals surface area (Å²) in [4.78, 5) is 0. The number of benzene rings is 3. The van der Waals surface area contributed by atoms with Crippen LogP contribution >= 0.6 is 0 Å². The molecule has 0 atom stereocenters. The molecule has 1 aromatic heterocycles. The summed E-state index contributed by atoms with van der Waals surface area (Å²) in [6.07, 6.45) is 1.80. The van der Waals surface area contributed by atoms with Crippen molar-refractivity contribution >= 4 is 27.5 Å². The van der Waals surface area contributed by atoms with E-state index in [1.807, 2.05) is 48.5 Å². The van der Waals surface area contributed by atoms with Crippen molar-refractivity contribution in [1.82, 2.24) is 0 Å². The van der Waals surface area contributed by atoms with E-state index in [9.17, 15) is 0 Å². The molecule has 0 amide bonds. The van der Waals surface area contributed by atoms with E-state index < -0.39 is 0 Å². The molecular weight excluding hydrogens is 296 g/mol. The van der Waals surface area contributed by atoms with Crippen LogP contribution in [0.15, 0.2) is 77.4 Å². The van der Waals surface area contributed by atoms with E-state index in [-0.39, 0.29) is 0 Å². The standard InChI is InChI=1S/C22H18O2/c1-15-7-10-18(11-8-15)23-14-16(2)17-9-12-22-20(13-17)19-5-3-4-6-21(19)24-22/h3-14H,1-2H3. The van der Waals surface area contributed by atoms with Gasteiger partial charge in [-0.15, -0.1) is 0 Å². The summed E-state index contributed by atoms with van der Waals surface area (Å²) in [7, 11) is 0. The van der Waals surface area contributed by atoms with Crippen LogP contribution in [0.25, 0.3) is 27.5 Å². The highest BCUT2D eigenvalue weighted by Gasteiger charge is 2.07. The topological polar surface area (TPSA) is 22.4 Å². The second-order valence-corrected chi connectivity index (χ2v) is 6.04. The van der Waals surface area contributed by atoms with Gasteiger partial charge in [-0.25, -0.2) is 0 Å². The summed E-state index contributed by atoms with van der Waals surface area (Å²) >= 11 is 0. The molecule has 0 N–H and O–H groups in total. The third kappa shape index (κ3) is 2.67. The number of ether oxygens (including phenoxy) is 1. The van der Waals surface area contributed by atoms with Gasteiger partial charge in [-0.3, -0.25) is 0 Å². The first-order valence-electron chi connectivity index (χ1n) is 8.02. The first-order valence-corrected chi connectivity index (χ1v) is 8.02. The molecule has 0 aliphatic carbocycles. The number of rotatable bonds is 3. The molecule has 4 rings (SSSR count). The Hall–Kier alpha value is -3.00. The zero-order valence-corrected chi connectivity index (χ0v) is 13.7. The predicted octanol–water partition coefficient (Wildman–Crippen LogP) is 6.33. The fourth-order valence-corrected chi connectivity index (χ4v) is 2.81. The van der Waals surface area contributed by atoms with Gasteiger partial charge in [0, 0.05) is 10.8 Å². The molecular formula is C22H18O2. The molecule has 0 radical (unpaired) electrons. The second-order valence-electron chi connectivity index (χ2n) is 6.04. The number of hydrogen-bond acceptors (Lipinski definition) is 2. The van der Waals surface area contributed by atoms with Crippen molar-refractivity contribution in [1.29, 1.82) is 0 Å². The lowest BCUT2D eigenvalue weighted by Crippen LogP contribution is -1.86. The van der Waals surface area contributed by atoms with E-state index in [1.54, 1.807) is 6.26 Å². The van der Waals surface area contributed by atoms with Crippen LogP contribution in [0, 0.1) is 6.92 Å². The smallest absolute Gasteiger partial charge is 0.135 e. The van der Waals surface area contributed by atoms with Crippen LogP contribution in [0.1, 0.15) is 18.1 Å². The average Bonchev–Trinajstić information content (AvgIpc) is 2.99. The maximum Gasteiger partial charge on any atom is 0.135 e. The number of aryl methyl sites for hydroxylation is 1. The van der Waals surface area contributed by atoms with E-state index in [2.05, 4.69) is 32.0 Å². The van der Waals surface area contributed by atoms with Crippen LogP contribution in [-0.2, 0) is 0 Å². The molecule has 0 saturated carbocycles. The van der Waals surface area contributed by atoms with Crippen molar-refractivity contribution in [3.05, 3.63) is 84.1 Å². The van der Waals surface area contributed by atoms with Gasteiger partial charge in [-0.05, 0) is 55.3 Å². The highest BCUT2D eigenvalue weighted by atomic mass is 16.5. The van der Waals surface area contributed by atoms with Gasteiger partial charge >= 0.3 is 0 Å². The fourth-order valence-electron chi connectivity index (χ4n) is 2.81. The summed E-state index contributed by atoms with van der Waals surface area (Å²) in [5.41, 5.74) is 5.25. The maximum absolute atomic E-state index is 5.88. The minimum Gasteiger partial charge on any atom is -0.465 e. The molecule has 3 aromatic carbocycles. The average molecular weight is 314 g/mol. The van der Waals surface area contributed by atoms with Gasteiger partial charge in [0.2, 0.25) is 0 Å². The number of para-hydroxylation sites is 1. The van der Waals surface area contributed by atoms with E-state index in [1.165, 1.54) is 5.56 Å². The molecule has 1 heterocycles. The summed E-state index contributed by atoms with van der Waals surface area (Å²) in [5, 5.41) is 2.27. The Morgan fingerprint density at radius 3 is 2.46 bits per heavy atom. The van der Waals surface area contributed by atoms with Gasteiger partial charge in [0.15, 0.2) is 0 Å². The molecule has 24 heavy (non-hydrogen) atoms. The van der Waals surface area contributed by atoms with Gasteiger partial charge < -0.3 is 9.15 Å². The third-order valence-corrected chi connectivity index (χ3v) is 4.22. The highest BCUT2D eigenvalue weighted by molar-refractivity contribution is 6.05. The SMILES string of the molecule is CC(=COc1ccc(C)cc1)c1ccc2oc3ccccc3c2c1. The molecule has 4 aromatic rings. The predicted molar refractivity (Wildman–Crippen MR) is 99.2 cm³/mol. The van der Waals surface area contributed by atoms with Crippen LogP contribution < -0.4 is 4.74 Å². The molecule has 0 fully saturated rings. The summed E-state index contributed by atoms with van der Waals surface area (Å²) < 4.78 is 11.6. The minimum absolute atomic E-state index is 0.842. The van der Waals surface area contributed by atoms with Gasteiger partial charge in [-0.2, -0.15) is 0 Å². The van der Waals surface area contributed by atoms with Gasteiger partial charge in [-0.1, -0.05) is 42.0 Å². The van der Waals surface area contributed by atoms with Crippen molar-refractivity contribution in [2.45, 2.75) is 13.8 Å². The molecule has 0 aliphatic heterocycles. The molecule has 2 heteroatoms. The van der Waals surface area contributed by atoms with Crippen molar-refractivity contribution < 1.29 is 9.15 Å². The molecule has 0 aliphatic rings. The lowest BCUT2D eigenvalue weighted by Gasteiger charge is -2.04. The van der Waals surface area contributed by atoms with E-state index >= 15 is 0 Å². The molecule has 118 valence electrons. The number of fused-ring (bicyclic) bond motifs is 3. The Morgan fingerprint density at radius 2 is 1.62 bits per heavy atom. The largest absolute Gasteiger partial charge is 0.465 e. The van der Waals surface area contributed by atoms with Crippen molar-refractivity contribution in [3.63, 3.8) is 0 Å². The van der Waals surface area contributed by atoms with Crippen molar-refractivity contribution in [3.8, 4) is 5.75 Å². The van der Waals surface area contributed by atoms with Crippen LogP contribution in [0.4, 0.5) is 0 Å². The first kappa shape index (κ1) is 14.6. The molecule has 0 bridgehead atoms. The van der Waals surface area contributed by atoms with Crippen LogP contribution in [0.3, 0.4) is 0 Å². The maximum atomic E-state index is 5.88. The Labute approximate surface area is 141 Å². The Bertz CT molecular complexity index is 1040. The second kappa shape index (κ2) is 5.89. The van der Waals surface area contributed by atoms with Crippen LogP contribution in [0.2, 0.25) is 0 Å². The number of hydrogen-bond donors (Lipinski definition) is 0. The lowest BCUT2D eigenvalue weighted by atomic mass is 10.0. The third-order valence-electron chi connectivity index (χ3n) is 4.22. The van der Waals surface area contributed by atoms with Gasteiger partial charge in [0.1, 0.15) is 16.9 Å². The van der Waals surface area contributed by atoms with Crippen LogP contribution in [0.5, 0.6) is 5.75 Å². The highest BCUT2D eigenvalue weighted by Crippen LogP contribution is 2.30. The molecule has 0 unspecified atom stereocenters. The normalized spacial score (nSPS) is 12.0. The van der Waals surface area contributed by atoms with Crippen LogP contribution in [-0.4, -0.2) is 0 Å². The molecule has 0 saturated heterocycles. The first-order chi connectivity index (χ1) is 11.7. The summed E-state index contributed by atoms with van der Waals surface area (Å²) in [5.74, 6) is 0.842. The van der Waals surface area contributed by atoms with E-state index in [4.69, 9.17) is 9.15 Å². The Balaban J connectivity index is 1.68. The molecule has 0 spiro atoms. The Kier molecular flexibility index (Phi) is 3.58. The van der Waals surface area contributed by atoms with E-state index in [0.29, 0.717) is 0 Å². The number of furan rings is 1. The zero-order chi connectivity index (χ0) is 16.5. The lowest BCUT2D eigenvalue weighted by molar-refractivity contribution is 0.483. The number of allylic oxidation sites excluding steroid dienone is 1. The van der Waals surface area contributed by atoms with Crippen molar-refractivity contribution in [2.24, 2.45) is 0 Å². The monoisotopic (exact) mass is 314 g/mol. The summed E-state index contributed by atoms with van der Waals surface area (Å²) in [6, 6.07) is 22.4. The quantitative estimate of drug-likeness (QED) is 0.412. The molecule has 2 nitrogen and oxygen atoms in total.